The number of amidine groups is 1. The van der Waals surface area contributed by atoms with E-state index in [-0.39, 0.29) is 11.5 Å². The minimum absolute atomic E-state index is 0.0890. The van der Waals surface area contributed by atoms with Gasteiger partial charge in [-0.15, -0.1) is 0 Å². The molecule has 0 saturated carbocycles. The number of aryl methyl sites for hydroxylation is 1. The van der Waals surface area contributed by atoms with Gasteiger partial charge in [0.1, 0.15) is 0 Å². The third-order valence-electron chi connectivity index (χ3n) is 4.00. The number of rotatable bonds is 4. The minimum Gasteiger partial charge on any atom is -0.478 e. The second-order valence-corrected chi connectivity index (χ2v) is 6.78. The van der Waals surface area contributed by atoms with Crippen molar-refractivity contribution in [2.75, 3.05) is 6.54 Å². The van der Waals surface area contributed by atoms with Crippen LogP contribution in [0.4, 0.5) is 5.69 Å². The first-order chi connectivity index (χ1) is 12.5. The molecule has 0 bridgehead atoms. The number of thioether (sulfide) groups is 1. The van der Waals surface area contributed by atoms with Crippen molar-refractivity contribution < 1.29 is 14.7 Å². The summed E-state index contributed by atoms with van der Waals surface area (Å²) in [5.41, 5.74) is 2.76. The lowest BCUT2D eigenvalue weighted by Crippen LogP contribution is -2.28. The van der Waals surface area contributed by atoms with E-state index in [0.717, 1.165) is 11.1 Å². The van der Waals surface area contributed by atoms with E-state index < -0.39 is 5.97 Å². The van der Waals surface area contributed by atoms with Gasteiger partial charge in [-0.3, -0.25) is 9.69 Å². The van der Waals surface area contributed by atoms with Crippen molar-refractivity contribution in [2.45, 2.75) is 13.8 Å². The normalized spacial score (nSPS) is 17.3. The number of hydrogen-bond acceptors (Lipinski definition) is 4. The van der Waals surface area contributed by atoms with Crippen molar-refractivity contribution in [1.82, 2.24) is 4.90 Å². The molecule has 2 aromatic carbocycles. The number of carboxylic acid groups (broad SMARTS) is 1. The summed E-state index contributed by atoms with van der Waals surface area (Å²) in [6.07, 6.45) is 1.88. The van der Waals surface area contributed by atoms with Crippen LogP contribution in [0.1, 0.15) is 28.4 Å². The maximum absolute atomic E-state index is 12.7. The molecule has 0 aromatic heterocycles. The topological polar surface area (TPSA) is 70.0 Å². The van der Waals surface area contributed by atoms with Gasteiger partial charge in [0.2, 0.25) is 0 Å². The van der Waals surface area contributed by atoms with E-state index in [1.807, 2.05) is 44.2 Å². The number of carbonyl (C=O) groups excluding carboxylic acids is 1. The number of benzene rings is 2. The van der Waals surface area contributed by atoms with Gasteiger partial charge in [0.25, 0.3) is 5.91 Å². The highest BCUT2D eigenvalue weighted by Gasteiger charge is 2.32. The SMILES string of the molecule is CCN1C(=O)/C(=C/c2ccccc2C)SC1=Nc1cccc(C(=O)O)c1. The van der Waals surface area contributed by atoms with Gasteiger partial charge in [-0.2, -0.15) is 0 Å². The molecule has 1 aliphatic heterocycles. The molecule has 132 valence electrons. The Kier molecular flexibility index (Phi) is 5.23. The van der Waals surface area contributed by atoms with Crippen LogP contribution in [0, 0.1) is 6.92 Å². The lowest BCUT2D eigenvalue weighted by molar-refractivity contribution is -0.122. The van der Waals surface area contributed by atoms with E-state index in [9.17, 15) is 9.59 Å². The summed E-state index contributed by atoms with van der Waals surface area (Å²) in [5, 5.41) is 9.67. The summed E-state index contributed by atoms with van der Waals surface area (Å²) >= 11 is 1.30. The van der Waals surface area contributed by atoms with E-state index in [2.05, 4.69) is 4.99 Å². The van der Waals surface area contributed by atoms with E-state index in [4.69, 9.17) is 5.11 Å². The van der Waals surface area contributed by atoms with E-state index >= 15 is 0 Å². The van der Waals surface area contributed by atoms with Crippen LogP contribution < -0.4 is 0 Å². The smallest absolute Gasteiger partial charge is 0.335 e. The van der Waals surface area contributed by atoms with Gasteiger partial charge in [-0.25, -0.2) is 9.79 Å². The zero-order valence-electron chi connectivity index (χ0n) is 14.5. The first kappa shape index (κ1) is 17.9. The Hall–Kier alpha value is -2.86. The van der Waals surface area contributed by atoms with Crippen molar-refractivity contribution >= 4 is 40.6 Å². The molecule has 2 aromatic rings. The summed E-state index contributed by atoms with van der Waals surface area (Å²) in [5.74, 6) is -1.09. The average Bonchev–Trinajstić information content (AvgIpc) is 2.91. The summed E-state index contributed by atoms with van der Waals surface area (Å²) in [4.78, 5) is 30.5. The molecule has 1 fully saturated rings. The van der Waals surface area contributed by atoms with Crippen LogP contribution in [0.3, 0.4) is 0 Å². The summed E-state index contributed by atoms with van der Waals surface area (Å²) in [7, 11) is 0. The van der Waals surface area contributed by atoms with Gasteiger partial charge in [0.15, 0.2) is 5.17 Å². The molecule has 26 heavy (non-hydrogen) atoms. The molecular weight excluding hydrogens is 348 g/mol. The van der Waals surface area contributed by atoms with Gasteiger partial charge in [-0.1, -0.05) is 30.3 Å². The van der Waals surface area contributed by atoms with Crippen LogP contribution in [-0.2, 0) is 4.79 Å². The number of aliphatic imine (C=N–C) groups is 1. The summed E-state index contributed by atoms with van der Waals surface area (Å²) in [6, 6.07) is 14.2. The zero-order valence-corrected chi connectivity index (χ0v) is 15.3. The third kappa shape index (κ3) is 3.70. The molecular formula is C20H18N2O3S. The van der Waals surface area contributed by atoms with Crippen LogP contribution in [0.25, 0.3) is 6.08 Å². The van der Waals surface area contributed by atoms with Crippen LogP contribution in [0.2, 0.25) is 0 Å². The number of amides is 1. The van der Waals surface area contributed by atoms with Gasteiger partial charge in [0.05, 0.1) is 16.2 Å². The quantitative estimate of drug-likeness (QED) is 0.818. The van der Waals surface area contributed by atoms with Crippen molar-refractivity contribution in [2.24, 2.45) is 4.99 Å². The Morgan fingerprint density at radius 1 is 1.23 bits per heavy atom. The molecule has 1 N–H and O–H groups in total. The maximum Gasteiger partial charge on any atom is 0.335 e. The molecule has 1 amide bonds. The number of carbonyl (C=O) groups is 2. The Morgan fingerprint density at radius 3 is 2.69 bits per heavy atom. The van der Waals surface area contributed by atoms with Gasteiger partial charge in [0, 0.05) is 6.54 Å². The van der Waals surface area contributed by atoms with E-state index in [1.165, 1.54) is 23.9 Å². The van der Waals surface area contributed by atoms with Crippen LogP contribution in [0.15, 0.2) is 58.4 Å². The van der Waals surface area contributed by atoms with Gasteiger partial charge in [-0.05, 0) is 61.0 Å². The maximum atomic E-state index is 12.7. The highest BCUT2D eigenvalue weighted by molar-refractivity contribution is 8.18. The number of aromatic carboxylic acids is 1. The predicted molar refractivity (Wildman–Crippen MR) is 105 cm³/mol. The average molecular weight is 366 g/mol. The molecule has 3 rings (SSSR count). The number of nitrogens with zero attached hydrogens (tertiary/aromatic N) is 2. The van der Waals surface area contributed by atoms with Crippen LogP contribution >= 0.6 is 11.8 Å². The molecule has 5 nitrogen and oxygen atoms in total. The second kappa shape index (κ2) is 7.58. The Labute approximate surface area is 156 Å². The minimum atomic E-state index is -1.00. The fourth-order valence-electron chi connectivity index (χ4n) is 2.58. The lowest BCUT2D eigenvalue weighted by atomic mass is 10.1. The molecule has 6 heteroatoms. The van der Waals surface area contributed by atoms with E-state index in [1.54, 1.807) is 17.0 Å². The predicted octanol–water partition coefficient (Wildman–Crippen LogP) is 4.32. The third-order valence-corrected chi connectivity index (χ3v) is 5.00. The zero-order chi connectivity index (χ0) is 18.7. The van der Waals surface area contributed by atoms with Crippen molar-refractivity contribution in [3.63, 3.8) is 0 Å². The summed E-state index contributed by atoms with van der Waals surface area (Å²) < 4.78 is 0. The molecule has 0 atom stereocenters. The van der Waals surface area contributed by atoms with Crippen LogP contribution in [-0.4, -0.2) is 33.6 Å². The van der Waals surface area contributed by atoms with Gasteiger partial charge < -0.3 is 5.11 Å². The number of carboxylic acids is 1. The molecule has 1 heterocycles. The fourth-order valence-corrected chi connectivity index (χ4v) is 3.63. The van der Waals surface area contributed by atoms with E-state index in [0.29, 0.717) is 22.3 Å². The Balaban J connectivity index is 1.96. The number of likely N-dealkylation sites (N-methyl/N-ethyl adjacent to an activating group) is 1. The number of hydrogen-bond donors (Lipinski definition) is 1. The monoisotopic (exact) mass is 366 g/mol. The first-order valence-electron chi connectivity index (χ1n) is 8.18. The molecule has 0 unspecified atom stereocenters. The first-order valence-corrected chi connectivity index (χ1v) is 9.00. The standard InChI is InChI=1S/C20H18N2O3S/c1-3-22-18(23)17(12-14-8-5-4-7-13(14)2)26-20(22)21-16-10-6-9-15(11-16)19(24)25/h4-12H,3H2,1-2H3,(H,24,25)/b17-12-,21-20?. The van der Waals surface area contributed by atoms with Crippen molar-refractivity contribution in [3.05, 3.63) is 70.1 Å². The Bertz CT molecular complexity index is 934. The largest absolute Gasteiger partial charge is 0.478 e. The molecule has 0 aliphatic carbocycles. The highest BCUT2D eigenvalue weighted by atomic mass is 32.2. The van der Waals surface area contributed by atoms with Crippen molar-refractivity contribution in [3.8, 4) is 0 Å². The summed E-state index contributed by atoms with van der Waals surface area (Å²) in [6.45, 7) is 4.38. The fraction of sp³-hybridized carbons (Fsp3) is 0.150. The lowest BCUT2D eigenvalue weighted by Gasteiger charge is -2.12. The molecule has 1 saturated heterocycles. The molecule has 0 radical (unpaired) electrons. The van der Waals surface area contributed by atoms with Crippen LogP contribution in [0.5, 0.6) is 0 Å². The van der Waals surface area contributed by atoms with Crippen molar-refractivity contribution in [1.29, 1.82) is 0 Å². The second-order valence-electron chi connectivity index (χ2n) is 5.77. The molecule has 1 aliphatic rings. The van der Waals surface area contributed by atoms with Gasteiger partial charge >= 0.3 is 5.97 Å². The molecule has 0 spiro atoms. The Morgan fingerprint density at radius 2 is 2.00 bits per heavy atom. The highest BCUT2D eigenvalue weighted by Crippen LogP contribution is 2.34.